The lowest BCUT2D eigenvalue weighted by molar-refractivity contribution is 0.782. The molecule has 2 aromatic rings. The highest BCUT2D eigenvalue weighted by molar-refractivity contribution is 6.11. The highest BCUT2D eigenvalue weighted by Gasteiger charge is 2.43. The SMILES string of the molecule is CN1C(=N)C(C)(c2ccccc2)c2ccccc21.Cl. The minimum absolute atomic E-state index is 0. The van der Waals surface area contributed by atoms with Gasteiger partial charge in [-0.3, -0.25) is 5.41 Å². The maximum Gasteiger partial charge on any atom is 0.115 e. The van der Waals surface area contributed by atoms with Crippen LogP contribution in [-0.4, -0.2) is 12.9 Å². The van der Waals surface area contributed by atoms with Gasteiger partial charge in [-0.15, -0.1) is 12.4 Å². The van der Waals surface area contributed by atoms with Crippen molar-refractivity contribution in [3.05, 3.63) is 65.7 Å². The van der Waals surface area contributed by atoms with Gasteiger partial charge in [-0.1, -0.05) is 48.5 Å². The molecule has 1 N–H and O–H groups in total. The first-order chi connectivity index (χ1) is 8.65. The second kappa shape index (κ2) is 4.71. The summed E-state index contributed by atoms with van der Waals surface area (Å²) in [6.45, 7) is 2.13. The molecule has 0 spiro atoms. The fourth-order valence-electron chi connectivity index (χ4n) is 2.84. The van der Waals surface area contributed by atoms with Crippen LogP contribution in [0.1, 0.15) is 18.1 Å². The van der Waals surface area contributed by atoms with Gasteiger partial charge in [0.25, 0.3) is 0 Å². The van der Waals surface area contributed by atoms with Gasteiger partial charge in [0, 0.05) is 12.7 Å². The minimum atomic E-state index is -0.341. The van der Waals surface area contributed by atoms with Crippen molar-refractivity contribution in [3.8, 4) is 0 Å². The van der Waals surface area contributed by atoms with E-state index in [1.54, 1.807) is 0 Å². The van der Waals surface area contributed by atoms with E-state index < -0.39 is 0 Å². The Morgan fingerprint density at radius 1 is 0.947 bits per heavy atom. The number of rotatable bonds is 1. The smallest absolute Gasteiger partial charge is 0.115 e. The van der Waals surface area contributed by atoms with Crippen LogP contribution in [0.2, 0.25) is 0 Å². The predicted octanol–water partition coefficient (Wildman–Crippen LogP) is 3.84. The zero-order valence-corrected chi connectivity index (χ0v) is 11.9. The van der Waals surface area contributed by atoms with Gasteiger partial charge in [0.15, 0.2) is 0 Å². The molecule has 0 saturated heterocycles. The van der Waals surface area contributed by atoms with Gasteiger partial charge in [-0.25, -0.2) is 0 Å². The van der Waals surface area contributed by atoms with Gasteiger partial charge in [0.05, 0.1) is 5.41 Å². The quantitative estimate of drug-likeness (QED) is 0.839. The van der Waals surface area contributed by atoms with Crippen LogP contribution in [0.15, 0.2) is 54.6 Å². The Bertz CT molecular complexity index is 609. The maximum absolute atomic E-state index is 8.46. The van der Waals surface area contributed by atoms with Crippen molar-refractivity contribution in [2.24, 2.45) is 0 Å². The van der Waals surface area contributed by atoms with E-state index in [0.29, 0.717) is 5.84 Å². The zero-order valence-electron chi connectivity index (χ0n) is 11.1. The topological polar surface area (TPSA) is 27.1 Å². The lowest BCUT2D eigenvalue weighted by atomic mass is 9.77. The first-order valence-electron chi connectivity index (χ1n) is 6.13. The summed E-state index contributed by atoms with van der Waals surface area (Å²) in [4.78, 5) is 1.97. The first-order valence-corrected chi connectivity index (χ1v) is 6.13. The third kappa shape index (κ3) is 1.75. The summed E-state index contributed by atoms with van der Waals surface area (Å²) in [5.41, 5.74) is 3.18. The van der Waals surface area contributed by atoms with Crippen LogP contribution in [0.3, 0.4) is 0 Å². The van der Waals surface area contributed by atoms with Crippen molar-refractivity contribution in [1.82, 2.24) is 0 Å². The third-order valence-corrected chi connectivity index (χ3v) is 3.96. The predicted molar refractivity (Wildman–Crippen MR) is 82.7 cm³/mol. The minimum Gasteiger partial charge on any atom is -0.332 e. The number of halogens is 1. The monoisotopic (exact) mass is 272 g/mol. The van der Waals surface area contributed by atoms with E-state index in [1.165, 1.54) is 11.1 Å². The Morgan fingerprint density at radius 3 is 2.21 bits per heavy atom. The third-order valence-electron chi connectivity index (χ3n) is 3.96. The second-order valence-corrected chi connectivity index (χ2v) is 4.92. The number of nitrogens with zero attached hydrogens (tertiary/aromatic N) is 1. The first kappa shape index (κ1) is 13.6. The number of para-hydroxylation sites is 1. The van der Waals surface area contributed by atoms with Gasteiger partial charge in [-0.05, 0) is 24.1 Å². The Morgan fingerprint density at radius 2 is 1.53 bits per heavy atom. The highest BCUT2D eigenvalue weighted by Crippen LogP contribution is 2.45. The number of fused-ring (bicyclic) bond motifs is 1. The summed E-state index contributed by atoms with van der Waals surface area (Å²) in [5, 5.41) is 8.46. The van der Waals surface area contributed by atoms with E-state index >= 15 is 0 Å². The molecule has 1 aliphatic heterocycles. The molecule has 19 heavy (non-hydrogen) atoms. The fourth-order valence-corrected chi connectivity index (χ4v) is 2.84. The average molecular weight is 273 g/mol. The van der Waals surface area contributed by atoms with E-state index in [9.17, 15) is 0 Å². The molecule has 98 valence electrons. The Balaban J connectivity index is 0.00000133. The summed E-state index contributed by atoms with van der Waals surface area (Å²) >= 11 is 0. The van der Waals surface area contributed by atoms with Crippen molar-refractivity contribution < 1.29 is 0 Å². The summed E-state index contributed by atoms with van der Waals surface area (Å²) < 4.78 is 0. The number of hydrogen-bond acceptors (Lipinski definition) is 1. The van der Waals surface area contributed by atoms with Crippen LogP contribution in [0.5, 0.6) is 0 Å². The average Bonchev–Trinajstić information content (AvgIpc) is 2.64. The van der Waals surface area contributed by atoms with Crippen molar-refractivity contribution in [3.63, 3.8) is 0 Å². The van der Waals surface area contributed by atoms with Crippen LogP contribution in [0.4, 0.5) is 5.69 Å². The van der Waals surface area contributed by atoms with Crippen molar-refractivity contribution in [1.29, 1.82) is 5.41 Å². The molecule has 0 amide bonds. The molecule has 0 radical (unpaired) electrons. The molecule has 2 nitrogen and oxygen atoms in total. The number of anilines is 1. The highest BCUT2D eigenvalue weighted by atomic mass is 35.5. The van der Waals surface area contributed by atoms with Crippen LogP contribution in [0, 0.1) is 5.41 Å². The molecule has 0 fully saturated rings. The number of likely N-dealkylation sites (N-methyl/N-ethyl adjacent to an activating group) is 1. The molecule has 0 aliphatic carbocycles. The number of benzene rings is 2. The van der Waals surface area contributed by atoms with Crippen LogP contribution < -0.4 is 4.90 Å². The molecule has 3 heteroatoms. The van der Waals surface area contributed by atoms with E-state index in [1.807, 2.05) is 42.3 Å². The number of amidine groups is 1. The van der Waals surface area contributed by atoms with Crippen molar-refractivity contribution in [2.75, 3.05) is 11.9 Å². The molecule has 2 aromatic carbocycles. The summed E-state index contributed by atoms with van der Waals surface area (Å²) in [6.07, 6.45) is 0. The molecule has 0 saturated carbocycles. The van der Waals surface area contributed by atoms with Gasteiger partial charge in [-0.2, -0.15) is 0 Å². The molecule has 0 bridgehead atoms. The standard InChI is InChI=1S/C16H16N2.ClH/c1-16(12-8-4-3-5-9-12)13-10-6-7-11-14(13)18(2)15(16)17;/h3-11,17H,1-2H3;1H. The van der Waals surface area contributed by atoms with E-state index in [0.717, 1.165) is 5.69 Å². The van der Waals surface area contributed by atoms with Crippen LogP contribution >= 0.6 is 12.4 Å². The summed E-state index contributed by atoms with van der Waals surface area (Å²) in [7, 11) is 1.97. The molecule has 1 aliphatic rings. The van der Waals surface area contributed by atoms with E-state index in [2.05, 4.69) is 31.2 Å². The summed E-state index contributed by atoms with van der Waals surface area (Å²) in [5.74, 6) is 0.634. The summed E-state index contributed by atoms with van der Waals surface area (Å²) in [6, 6.07) is 18.6. The molecule has 1 atom stereocenters. The molecular formula is C16H17ClN2. The zero-order chi connectivity index (χ0) is 12.8. The Kier molecular flexibility index (Phi) is 3.38. The number of hydrogen-bond donors (Lipinski definition) is 1. The fraction of sp³-hybridized carbons (Fsp3) is 0.188. The van der Waals surface area contributed by atoms with Gasteiger partial charge >= 0.3 is 0 Å². The normalized spacial score (nSPS) is 20.9. The second-order valence-electron chi connectivity index (χ2n) is 4.92. The molecule has 1 heterocycles. The molecular weight excluding hydrogens is 256 g/mol. The van der Waals surface area contributed by atoms with Crippen LogP contribution in [-0.2, 0) is 5.41 Å². The van der Waals surface area contributed by atoms with Gasteiger partial charge in [0.1, 0.15) is 5.84 Å². The van der Waals surface area contributed by atoms with Crippen molar-refractivity contribution >= 4 is 23.9 Å². The lowest BCUT2D eigenvalue weighted by Gasteiger charge is -2.26. The van der Waals surface area contributed by atoms with Crippen LogP contribution in [0.25, 0.3) is 0 Å². The maximum atomic E-state index is 8.46. The van der Waals surface area contributed by atoms with Gasteiger partial charge < -0.3 is 4.90 Å². The molecule has 3 rings (SSSR count). The van der Waals surface area contributed by atoms with Crippen molar-refractivity contribution in [2.45, 2.75) is 12.3 Å². The Labute approximate surface area is 120 Å². The lowest BCUT2D eigenvalue weighted by Crippen LogP contribution is -2.36. The molecule has 1 unspecified atom stereocenters. The van der Waals surface area contributed by atoms with E-state index in [-0.39, 0.29) is 17.8 Å². The van der Waals surface area contributed by atoms with E-state index in [4.69, 9.17) is 5.41 Å². The largest absolute Gasteiger partial charge is 0.332 e. The molecule has 0 aromatic heterocycles. The Hall–Kier alpha value is -1.80. The van der Waals surface area contributed by atoms with Gasteiger partial charge in [0.2, 0.25) is 0 Å². The number of nitrogens with one attached hydrogen (secondary N) is 1.